The first-order valence-electron chi connectivity index (χ1n) is 8.38. The van der Waals surface area contributed by atoms with Crippen LogP contribution in [0, 0.1) is 0 Å². The Morgan fingerprint density at radius 2 is 1.07 bits per heavy atom. The summed E-state index contributed by atoms with van der Waals surface area (Å²) in [5, 5.41) is 29.9. The highest BCUT2D eigenvalue weighted by atomic mass is 16.4. The number of aromatic carboxylic acids is 1. The molecule has 3 rings (SSSR count). The number of carbonyl (C=O) groups excluding carboxylic acids is 2. The molecule has 6 heteroatoms. The van der Waals surface area contributed by atoms with E-state index in [-0.39, 0.29) is 11.1 Å². The van der Waals surface area contributed by atoms with Crippen molar-refractivity contribution in [2.24, 2.45) is 0 Å². The molecule has 140 valence electrons. The number of aromatic hydroxyl groups is 2. The monoisotopic (exact) mass is 376 g/mol. The predicted molar refractivity (Wildman–Crippen MR) is 101 cm³/mol. The normalized spacial score (nSPS) is 10.6. The van der Waals surface area contributed by atoms with Gasteiger partial charge in [-0.3, -0.25) is 9.59 Å². The van der Waals surface area contributed by atoms with E-state index in [1.54, 1.807) is 36.4 Å². The zero-order valence-corrected chi connectivity index (χ0v) is 14.6. The van der Waals surface area contributed by atoms with Crippen LogP contribution in [0.1, 0.15) is 42.6 Å². The highest BCUT2D eigenvalue weighted by molar-refractivity contribution is 6.21. The second kappa shape index (κ2) is 7.75. The van der Waals surface area contributed by atoms with E-state index in [0.717, 1.165) is 12.1 Å². The molecule has 0 aromatic heterocycles. The maximum Gasteiger partial charge on any atom is 0.339 e. The van der Waals surface area contributed by atoms with Crippen LogP contribution >= 0.6 is 0 Å². The van der Waals surface area contributed by atoms with E-state index < -0.39 is 46.1 Å². The van der Waals surface area contributed by atoms with Crippen LogP contribution in [0.4, 0.5) is 0 Å². The molecular weight excluding hydrogens is 360 g/mol. The second-order valence-electron chi connectivity index (χ2n) is 6.09. The van der Waals surface area contributed by atoms with E-state index in [4.69, 9.17) is 0 Å². The third kappa shape index (κ3) is 3.48. The van der Waals surface area contributed by atoms with Crippen molar-refractivity contribution in [1.29, 1.82) is 0 Å². The molecule has 6 nitrogen and oxygen atoms in total. The molecular formula is C22H16O6. The zero-order valence-electron chi connectivity index (χ0n) is 14.6. The van der Waals surface area contributed by atoms with Gasteiger partial charge in [0.15, 0.2) is 11.6 Å². The maximum absolute atomic E-state index is 13.2. The number of hydrogen-bond acceptors (Lipinski definition) is 5. The van der Waals surface area contributed by atoms with E-state index in [1.165, 1.54) is 24.3 Å². The van der Waals surface area contributed by atoms with Crippen LogP contribution in [0.25, 0.3) is 0 Å². The molecule has 0 unspecified atom stereocenters. The second-order valence-corrected chi connectivity index (χ2v) is 6.09. The van der Waals surface area contributed by atoms with Crippen LogP contribution in [-0.4, -0.2) is 32.9 Å². The van der Waals surface area contributed by atoms with Gasteiger partial charge in [-0.2, -0.15) is 0 Å². The summed E-state index contributed by atoms with van der Waals surface area (Å²) in [7, 11) is 0. The van der Waals surface area contributed by atoms with Gasteiger partial charge in [0.25, 0.3) is 0 Å². The molecule has 0 heterocycles. The molecule has 0 amide bonds. The number of carboxylic acids is 1. The van der Waals surface area contributed by atoms with Crippen molar-refractivity contribution in [3.8, 4) is 11.5 Å². The van der Waals surface area contributed by atoms with Crippen LogP contribution in [0.3, 0.4) is 0 Å². The van der Waals surface area contributed by atoms with Crippen LogP contribution < -0.4 is 0 Å². The summed E-state index contributed by atoms with van der Waals surface area (Å²) in [6.45, 7) is 0. The molecule has 3 N–H and O–H groups in total. The van der Waals surface area contributed by atoms with Gasteiger partial charge in [0.2, 0.25) is 0 Å². The third-order valence-electron chi connectivity index (χ3n) is 4.34. The van der Waals surface area contributed by atoms with Crippen LogP contribution in [0.2, 0.25) is 0 Å². The van der Waals surface area contributed by atoms with E-state index in [0.29, 0.717) is 0 Å². The molecule has 3 aromatic carbocycles. The third-order valence-corrected chi connectivity index (χ3v) is 4.34. The van der Waals surface area contributed by atoms with E-state index in [9.17, 15) is 29.7 Å². The summed E-state index contributed by atoms with van der Waals surface area (Å²) >= 11 is 0. The summed E-state index contributed by atoms with van der Waals surface area (Å²) in [5.41, 5.74) is -0.763. The lowest BCUT2D eigenvalue weighted by Crippen LogP contribution is -2.25. The molecule has 0 atom stereocenters. The first kappa shape index (κ1) is 18.8. The Hall–Kier alpha value is -3.93. The largest absolute Gasteiger partial charge is 0.508 e. The van der Waals surface area contributed by atoms with Crippen molar-refractivity contribution in [3.63, 3.8) is 0 Å². The Bertz CT molecular complexity index is 990. The quantitative estimate of drug-likeness (QED) is 0.344. The van der Waals surface area contributed by atoms with Crippen molar-refractivity contribution >= 4 is 17.5 Å². The van der Waals surface area contributed by atoms with Gasteiger partial charge in [-0.15, -0.1) is 0 Å². The highest BCUT2D eigenvalue weighted by Gasteiger charge is 2.36. The van der Waals surface area contributed by atoms with E-state index in [1.807, 2.05) is 0 Å². The lowest BCUT2D eigenvalue weighted by Gasteiger charge is -2.19. The van der Waals surface area contributed by atoms with Crippen molar-refractivity contribution in [2.75, 3.05) is 0 Å². The number of carbonyl (C=O) groups is 3. The molecule has 0 saturated carbocycles. The Kier molecular flexibility index (Phi) is 5.22. The number of ketones is 2. The van der Waals surface area contributed by atoms with Gasteiger partial charge in [0.05, 0.1) is 0 Å². The van der Waals surface area contributed by atoms with Crippen LogP contribution in [0.15, 0.2) is 72.8 Å². The first-order valence-corrected chi connectivity index (χ1v) is 8.38. The Morgan fingerprint density at radius 3 is 1.50 bits per heavy atom. The van der Waals surface area contributed by atoms with Gasteiger partial charge < -0.3 is 15.3 Å². The number of rotatable bonds is 6. The lowest BCUT2D eigenvalue weighted by atomic mass is 9.81. The van der Waals surface area contributed by atoms with Crippen LogP contribution in [0.5, 0.6) is 11.5 Å². The molecule has 0 radical (unpaired) electrons. The van der Waals surface area contributed by atoms with Gasteiger partial charge in [-0.05, 0) is 12.1 Å². The standard InChI is InChI=1S/C22H16O6/c23-15-11-12-16(24)18(22(27)28)17(15)19(20(25)13-7-3-1-4-8-13)21(26)14-9-5-2-6-10-14/h1-12,19,23-24H,(H,27,28). The predicted octanol–water partition coefficient (Wildman–Crippen LogP) is 3.65. The topological polar surface area (TPSA) is 112 Å². The fourth-order valence-corrected chi connectivity index (χ4v) is 3.03. The van der Waals surface area contributed by atoms with Gasteiger partial charge in [-0.1, -0.05) is 60.7 Å². The van der Waals surface area contributed by atoms with Gasteiger partial charge in [0.1, 0.15) is 23.0 Å². The lowest BCUT2D eigenvalue weighted by molar-refractivity contribution is 0.0691. The number of carboxylic acid groups (broad SMARTS) is 1. The molecule has 0 spiro atoms. The molecule has 0 aliphatic rings. The zero-order chi connectivity index (χ0) is 20.3. The minimum absolute atomic E-state index is 0.177. The van der Waals surface area contributed by atoms with Gasteiger partial charge in [-0.25, -0.2) is 4.79 Å². The maximum atomic E-state index is 13.2. The molecule has 0 bridgehead atoms. The van der Waals surface area contributed by atoms with Crippen molar-refractivity contribution in [2.45, 2.75) is 5.92 Å². The van der Waals surface area contributed by atoms with Crippen molar-refractivity contribution in [1.82, 2.24) is 0 Å². The summed E-state index contributed by atoms with van der Waals surface area (Å²) in [5.74, 6) is -5.77. The summed E-state index contributed by atoms with van der Waals surface area (Å²) in [4.78, 5) is 38.1. The SMILES string of the molecule is O=C(O)c1c(O)ccc(O)c1C(C(=O)c1ccccc1)C(=O)c1ccccc1. The number of Topliss-reactive ketones (excluding diaryl/α,β-unsaturated/α-hetero) is 2. The minimum atomic E-state index is -1.64. The number of phenolic OH excluding ortho intramolecular Hbond substituents is 1. The average Bonchev–Trinajstić information content (AvgIpc) is 2.71. The van der Waals surface area contributed by atoms with Crippen molar-refractivity contribution < 1.29 is 29.7 Å². The van der Waals surface area contributed by atoms with Crippen molar-refractivity contribution in [3.05, 3.63) is 95.1 Å². The molecule has 0 aliphatic heterocycles. The Balaban J connectivity index is 2.27. The smallest absolute Gasteiger partial charge is 0.339 e. The van der Waals surface area contributed by atoms with Gasteiger partial charge >= 0.3 is 5.97 Å². The van der Waals surface area contributed by atoms with Crippen LogP contribution in [-0.2, 0) is 0 Å². The first-order chi connectivity index (χ1) is 13.4. The fraction of sp³-hybridized carbons (Fsp3) is 0.0455. The number of phenols is 2. The van der Waals surface area contributed by atoms with Gasteiger partial charge in [0, 0.05) is 16.7 Å². The van der Waals surface area contributed by atoms with E-state index >= 15 is 0 Å². The number of hydrogen-bond donors (Lipinski definition) is 3. The molecule has 28 heavy (non-hydrogen) atoms. The summed E-state index contributed by atoms with van der Waals surface area (Å²) < 4.78 is 0. The molecule has 0 saturated heterocycles. The number of benzene rings is 3. The molecule has 0 fully saturated rings. The summed E-state index contributed by atoms with van der Waals surface area (Å²) in [6.07, 6.45) is 0. The fourth-order valence-electron chi connectivity index (χ4n) is 3.03. The minimum Gasteiger partial charge on any atom is -0.508 e. The highest BCUT2D eigenvalue weighted by Crippen LogP contribution is 2.38. The Labute approximate surface area is 160 Å². The summed E-state index contributed by atoms with van der Waals surface area (Å²) in [6, 6.07) is 17.9. The molecule has 3 aromatic rings. The Morgan fingerprint density at radius 1 is 0.643 bits per heavy atom. The van der Waals surface area contributed by atoms with E-state index in [2.05, 4.69) is 0 Å². The molecule has 0 aliphatic carbocycles. The average molecular weight is 376 g/mol.